The number of nitrogens with zero attached hydrogens (tertiary/aromatic N) is 1. The van der Waals surface area contributed by atoms with Crippen molar-refractivity contribution in [1.82, 2.24) is 0 Å². The summed E-state index contributed by atoms with van der Waals surface area (Å²) in [7, 11) is -9.78. The Hall–Kier alpha value is -0.280. The van der Waals surface area contributed by atoms with E-state index in [0.717, 1.165) is 0 Å². The second-order valence-electron chi connectivity index (χ2n) is 1.82. The van der Waals surface area contributed by atoms with Gasteiger partial charge in [-0.1, -0.05) is 0 Å². The molecule has 0 bridgehead atoms. The molecule has 0 N–H and O–H groups in total. The molecule has 0 aromatic carbocycles. The van der Waals surface area contributed by atoms with Crippen LogP contribution in [0.5, 0.6) is 0 Å². The van der Waals surface area contributed by atoms with Gasteiger partial charge in [-0.3, -0.25) is 4.39 Å². The van der Waals surface area contributed by atoms with E-state index < -0.39 is 39.3 Å². The maximum atomic E-state index is 11.6. The summed E-state index contributed by atoms with van der Waals surface area (Å²) in [4.78, 5) is 0. The molecule has 0 rings (SSSR count). The van der Waals surface area contributed by atoms with Crippen LogP contribution in [0.15, 0.2) is 0 Å². The van der Waals surface area contributed by atoms with Gasteiger partial charge in [0.1, 0.15) is 0 Å². The van der Waals surface area contributed by atoms with Crippen molar-refractivity contribution >= 4 is 20.4 Å². The van der Waals surface area contributed by atoms with Gasteiger partial charge in [0.25, 0.3) is 0 Å². The molecule has 0 saturated carbocycles. The van der Waals surface area contributed by atoms with Gasteiger partial charge in [-0.2, -0.15) is 0 Å². The highest BCUT2D eigenvalue weighted by molar-refractivity contribution is 8.10. The first-order chi connectivity index (χ1) is 5.27. The average molecular weight is 222 g/mol. The minimum atomic E-state index is -5.40. The molecule has 0 aliphatic carbocycles. The van der Waals surface area contributed by atoms with Crippen LogP contribution in [0.4, 0.5) is 8.28 Å². The monoisotopic (exact) mass is 222 g/mol. The number of halogens is 2. The maximum absolute atomic E-state index is 11.6. The molecule has 12 heavy (non-hydrogen) atoms. The lowest BCUT2D eigenvalue weighted by molar-refractivity contribution is 0.485. The van der Waals surface area contributed by atoms with Crippen LogP contribution in [0, 0.1) is 0 Å². The second kappa shape index (κ2) is 4.10. The summed E-state index contributed by atoms with van der Waals surface area (Å²) in [5, 5.41) is 0. The highest BCUT2D eigenvalue weighted by atomic mass is 32.3. The molecular formula is C3H6F2NO4S2-. The number of alkyl halides is 1. The standard InChI is InChI=1S/C3H6F2NO4S2/c4-2-1-3-11(7,8)6-12(5,9)10/h1-3H2/q-1. The normalized spacial score (nSPS) is 13.2. The summed E-state index contributed by atoms with van der Waals surface area (Å²) < 4.78 is 65.3. The topological polar surface area (TPSA) is 82.4 Å². The average Bonchev–Trinajstić information content (AvgIpc) is 1.78. The van der Waals surface area contributed by atoms with E-state index in [4.69, 9.17) is 0 Å². The van der Waals surface area contributed by atoms with Gasteiger partial charge in [-0.05, 0) is 6.42 Å². The SMILES string of the molecule is O=S(=O)(F)[N-]S(=O)(=O)CCCF. The molecular weight excluding hydrogens is 216 g/mol. The summed E-state index contributed by atoms with van der Waals surface area (Å²) in [6, 6.07) is 0. The molecule has 0 fully saturated rings. The first-order valence-corrected chi connectivity index (χ1v) is 5.69. The number of rotatable bonds is 5. The second-order valence-corrected chi connectivity index (χ2v) is 4.81. The van der Waals surface area contributed by atoms with Crippen LogP contribution >= 0.6 is 0 Å². The van der Waals surface area contributed by atoms with Crippen LogP contribution in [0.1, 0.15) is 6.42 Å². The molecule has 0 aliphatic rings. The van der Waals surface area contributed by atoms with Crippen LogP contribution in [0.25, 0.3) is 4.13 Å². The van der Waals surface area contributed by atoms with Gasteiger partial charge in [-0.15, -0.1) is 3.89 Å². The predicted molar refractivity (Wildman–Crippen MR) is 37.8 cm³/mol. The Balaban J connectivity index is 4.26. The van der Waals surface area contributed by atoms with Crippen LogP contribution in [0.2, 0.25) is 0 Å². The lowest BCUT2D eigenvalue weighted by Gasteiger charge is -2.13. The Morgan fingerprint density at radius 3 is 2.00 bits per heavy atom. The van der Waals surface area contributed by atoms with Gasteiger partial charge >= 0.3 is 0 Å². The quantitative estimate of drug-likeness (QED) is 0.625. The molecule has 0 aromatic rings. The smallest absolute Gasteiger partial charge is 0.239 e. The van der Waals surface area contributed by atoms with E-state index in [-0.39, 0.29) is 0 Å². The Bertz CT molecular complexity index is 320. The van der Waals surface area contributed by atoms with Crippen molar-refractivity contribution in [2.45, 2.75) is 6.42 Å². The van der Waals surface area contributed by atoms with Crippen molar-refractivity contribution in [1.29, 1.82) is 0 Å². The van der Waals surface area contributed by atoms with Gasteiger partial charge < -0.3 is 4.13 Å². The number of sulfonamides is 1. The highest BCUT2D eigenvalue weighted by Gasteiger charge is 2.05. The van der Waals surface area contributed by atoms with E-state index in [1.165, 1.54) is 0 Å². The minimum Gasteiger partial charge on any atom is -0.408 e. The highest BCUT2D eigenvalue weighted by Crippen LogP contribution is 2.12. The lowest BCUT2D eigenvalue weighted by atomic mass is 10.6. The molecule has 0 spiro atoms. The van der Waals surface area contributed by atoms with Crippen molar-refractivity contribution in [3.63, 3.8) is 0 Å². The van der Waals surface area contributed by atoms with Crippen molar-refractivity contribution in [2.75, 3.05) is 12.4 Å². The molecule has 0 amide bonds. The predicted octanol–water partition coefficient (Wildman–Crippen LogP) is 0.264. The van der Waals surface area contributed by atoms with Crippen molar-refractivity contribution < 1.29 is 25.1 Å². The summed E-state index contributed by atoms with van der Waals surface area (Å²) in [6.45, 7) is -0.929. The molecule has 74 valence electrons. The first kappa shape index (κ1) is 11.7. The molecule has 0 heterocycles. The maximum Gasteiger partial charge on any atom is 0.239 e. The van der Waals surface area contributed by atoms with Crippen LogP contribution in [-0.2, 0) is 20.4 Å². The zero-order valence-corrected chi connectivity index (χ0v) is 7.41. The zero-order valence-electron chi connectivity index (χ0n) is 5.77. The third-order valence-corrected chi connectivity index (χ3v) is 3.16. The van der Waals surface area contributed by atoms with E-state index in [0.29, 0.717) is 0 Å². The fraction of sp³-hybridized carbons (Fsp3) is 1.00. The van der Waals surface area contributed by atoms with Crippen molar-refractivity contribution in [2.24, 2.45) is 0 Å². The van der Waals surface area contributed by atoms with E-state index in [1.54, 1.807) is 0 Å². The Labute approximate surface area is 69.2 Å². The van der Waals surface area contributed by atoms with Crippen LogP contribution < -0.4 is 0 Å². The summed E-state index contributed by atoms with van der Waals surface area (Å²) in [6.07, 6.45) is -0.401. The van der Waals surface area contributed by atoms with Gasteiger partial charge in [-0.25, -0.2) is 16.8 Å². The fourth-order valence-corrected chi connectivity index (χ4v) is 2.27. The molecule has 0 aliphatic heterocycles. The Morgan fingerprint density at radius 1 is 1.17 bits per heavy atom. The number of hydrogen-bond donors (Lipinski definition) is 0. The van der Waals surface area contributed by atoms with E-state index in [2.05, 4.69) is 0 Å². The molecule has 0 aromatic heterocycles. The lowest BCUT2D eigenvalue weighted by Crippen LogP contribution is -2.08. The molecule has 0 atom stereocenters. The summed E-state index contributed by atoms with van der Waals surface area (Å²) in [5.41, 5.74) is 0. The van der Waals surface area contributed by atoms with E-state index >= 15 is 0 Å². The molecule has 0 saturated heterocycles. The van der Waals surface area contributed by atoms with Crippen molar-refractivity contribution in [3.8, 4) is 0 Å². The van der Waals surface area contributed by atoms with Crippen molar-refractivity contribution in [3.05, 3.63) is 4.13 Å². The number of hydrogen-bond acceptors (Lipinski definition) is 4. The third-order valence-electron chi connectivity index (χ3n) is 0.739. The van der Waals surface area contributed by atoms with Crippen LogP contribution in [-0.4, -0.2) is 29.3 Å². The van der Waals surface area contributed by atoms with Crippen LogP contribution in [0.3, 0.4) is 0 Å². The van der Waals surface area contributed by atoms with Gasteiger partial charge in [0.2, 0.25) is 10.4 Å². The Kier molecular flexibility index (Phi) is 4.00. The molecule has 0 radical (unpaired) electrons. The first-order valence-electron chi connectivity index (χ1n) is 2.74. The minimum absolute atomic E-state index is 0.401. The Morgan fingerprint density at radius 2 is 1.67 bits per heavy atom. The molecule has 0 unspecified atom stereocenters. The molecule has 9 heteroatoms. The molecule has 5 nitrogen and oxygen atoms in total. The van der Waals surface area contributed by atoms with Gasteiger partial charge in [0.05, 0.1) is 16.7 Å². The fourth-order valence-electron chi connectivity index (χ4n) is 0.410. The zero-order chi connectivity index (χ0) is 9.83. The summed E-state index contributed by atoms with van der Waals surface area (Å²) >= 11 is 0. The van der Waals surface area contributed by atoms with Gasteiger partial charge in [0.15, 0.2) is 0 Å². The van der Waals surface area contributed by atoms with Gasteiger partial charge in [0, 0.05) is 5.75 Å². The largest absolute Gasteiger partial charge is 0.408 e. The van der Waals surface area contributed by atoms with E-state index in [9.17, 15) is 25.1 Å². The van der Waals surface area contributed by atoms with E-state index in [1.807, 2.05) is 4.13 Å². The third kappa shape index (κ3) is 6.43. The summed E-state index contributed by atoms with van der Waals surface area (Å²) in [5.74, 6) is -0.813.